The molecule has 300 valence electrons. The van der Waals surface area contributed by atoms with Gasteiger partial charge in [-0.25, -0.2) is 18.6 Å². The molecule has 3 amide bonds. The number of benzene rings is 2. The summed E-state index contributed by atoms with van der Waals surface area (Å²) >= 11 is 0. The van der Waals surface area contributed by atoms with E-state index in [1.54, 1.807) is 22.5 Å². The minimum atomic E-state index is -4.77. The molecule has 5 heterocycles. The summed E-state index contributed by atoms with van der Waals surface area (Å²) in [5.74, 6) is -1.10. The molecule has 1 atom stereocenters. The monoisotopic (exact) mass is 792 g/mol. The molecule has 12 nitrogen and oxygen atoms in total. The number of pyridine rings is 1. The molecule has 0 spiro atoms. The number of carbonyl (C=O) groups excluding carboxylic acids is 3. The van der Waals surface area contributed by atoms with Crippen molar-refractivity contribution in [3.8, 4) is 0 Å². The number of imidazole rings is 1. The summed E-state index contributed by atoms with van der Waals surface area (Å²) in [6.45, 7) is 2.77. The zero-order valence-electron chi connectivity index (χ0n) is 31.1. The van der Waals surface area contributed by atoms with Crippen LogP contribution in [0.25, 0.3) is 21.9 Å². The molecule has 3 aliphatic rings. The quantitative estimate of drug-likeness (QED) is 0.129. The molecule has 8 rings (SSSR count). The van der Waals surface area contributed by atoms with E-state index in [2.05, 4.69) is 31.7 Å². The second kappa shape index (κ2) is 15.1. The fraction of sp³-hybridized carbons (Fsp3) is 0.450. The summed E-state index contributed by atoms with van der Waals surface area (Å²) in [5, 5.41) is 9.81. The Bertz CT molecular complexity index is 2420. The van der Waals surface area contributed by atoms with Gasteiger partial charge in [0.25, 0.3) is 12.3 Å². The standard InChI is InChI=1S/C40H41F5N8O4/c1-50-35-26(4-2-6-31(35)53(39(50)57)32-12-13-34(54)48-38(32)56)23-14-16-51(17-15-23)20-22-8-10-25(11-9-22)52-21-24-18-30(27(36(41)42)19-29(24)49-52)47-37(55)28-5-3-7-33(46-28)40(43,44)45/h2-7,18-19,21-23,25,32,36H,8-17,20H2,1H3,(H,47,55)(H,48,54,56). The lowest BCUT2D eigenvalue weighted by Crippen LogP contribution is -2.44. The molecule has 17 heteroatoms. The highest BCUT2D eigenvalue weighted by atomic mass is 19.4. The van der Waals surface area contributed by atoms with E-state index in [1.165, 1.54) is 16.7 Å². The Balaban J connectivity index is 0.887. The molecule has 1 saturated carbocycles. The first-order valence-corrected chi connectivity index (χ1v) is 19.2. The number of hydrogen-bond donors (Lipinski definition) is 2. The minimum absolute atomic E-state index is 0.0568. The van der Waals surface area contributed by atoms with Gasteiger partial charge in [-0.1, -0.05) is 18.2 Å². The Morgan fingerprint density at radius 3 is 2.40 bits per heavy atom. The maximum Gasteiger partial charge on any atom is 0.433 e. The number of likely N-dealkylation sites (tertiary alicyclic amines) is 1. The third-order valence-corrected chi connectivity index (χ3v) is 11.8. The van der Waals surface area contributed by atoms with Gasteiger partial charge in [-0.15, -0.1) is 0 Å². The van der Waals surface area contributed by atoms with Gasteiger partial charge in [0.1, 0.15) is 17.4 Å². The summed E-state index contributed by atoms with van der Waals surface area (Å²) in [5.41, 5.74) is 0.146. The van der Waals surface area contributed by atoms with Crippen LogP contribution >= 0.6 is 0 Å². The summed E-state index contributed by atoms with van der Waals surface area (Å²) in [4.78, 5) is 56.5. The van der Waals surface area contributed by atoms with E-state index in [0.29, 0.717) is 22.3 Å². The number of anilines is 1. The number of fused-ring (bicyclic) bond motifs is 2. The molecule has 3 fully saturated rings. The molecular weight excluding hydrogens is 751 g/mol. The van der Waals surface area contributed by atoms with Crippen molar-refractivity contribution >= 4 is 45.3 Å². The highest BCUT2D eigenvalue weighted by molar-refractivity contribution is 6.04. The molecule has 1 unspecified atom stereocenters. The van der Waals surface area contributed by atoms with Crippen LogP contribution in [0.2, 0.25) is 0 Å². The largest absolute Gasteiger partial charge is 0.433 e. The number of carbonyl (C=O) groups is 3. The highest BCUT2D eigenvalue weighted by Gasteiger charge is 2.35. The lowest BCUT2D eigenvalue weighted by molar-refractivity contribution is -0.141. The van der Waals surface area contributed by atoms with Crippen molar-refractivity contribution < 1.29 is 36.3 Å². The molecule has 2 saturated heterocycles. The third-order valence-electron chi connectivity index (χ3n) is 11.8. The van der Waals surface area contributed by atoms with E-state index in [0.717, 1.165) is 87.4 Å². The number of imide groups is 1. The van der Waals surface area contributed by atoms with E-state index < -0.39 is 47.4 Å². The molecule has 3 aromatic heterocycles. The van der Waals surface area contributed by atoms with Crippen molar-refractivity contribution in [3.63, 3.8) is 0 Å². The number of para-hydroxylation sites is 1. The van der Waals surface area contributed by atoms with E-state index in [1.807, 2.05) is 12.1 Å². The van der Waals surface area contributed by atoms with Crippen LogP contribution in [0.4, 0.5) is 27.6 Å². The van der Waals surface area contributed by atoms with Crippen LogP contribution in [0.1, 0.15) is 103 Å². The smallest absolute Gasteiger partial charge is 0.320 e. The minimum Gasteiger partial charge on any atom is -0.320 e. The van der Waals surface area contributed by atoms with Gasteiger partial charge in [-0.2, -0.15) is 18.3 Å². The molecule has 2 aromatic carbocycles. The second-order valence-corrected chi connectivity index (χ2v) is 15.4. The fourth-order valence-corrected chi connectivity index (χ4v) is 8.90. The number of nitrogens with zero attached hydrogens (tertiary/aromatic N) is 6. The van der Waals surface area contributed by atoms with Crippen molar-refractivity contribution in [2.24, 2.45) is 13.0 Å². The first-order valence-electron chi connectivity index (χ1n) is 19.2. The maximum atomic E-state index is 14.1. The van der Waals surface area contributed by atoms with E-state index in [4.69, 9.17) is 0 Å². The van der Waals surface area contributed by atoms with Crippen molar-refractivity contribution in [1.29, 1.82) is 0 Å². The zero-order chi connectivity index (χ0) is 40.2. The lowest BCUT2D eigenvalue weighted by atomic mass is 9.84. The van der Waals surface area contributed by atoms with E-state index in [9.17, 15) is 41.1 Å². The van der Waals surface area contributed by atoms with Crippen LogP contribution in [0.15, 0.2) is 59.5 Å². The average molecular weight is 793 g/mol. The summed E-state index contributed by atoms with van der Waals surface area (Å²) < 4.78 is 72.6. The van der Waals surface area contributed by atoms with Crippen LogP contribution in [0, 0.1) is 5.92 Å². The molecular formula is C40H41F5N8O4. The Morgan fingerprint density at radius 1 is 0.965 bits per heavy atom. The van der Waals surface area contributed by atoms with Crippen LogP contribution in [-0.2, 0) is 22.8 Å². The second-order valence-electron chi connectivity index (χ2n) is 15.4. The maximum absolute atomic E-state index is 14.1. The lowest BCUT2D eigenvalue weighted by Gasteiger charge is -2.37. The van der Waals surface area contributed by atoms with E-state index in [-0.39, 0.29) is 42.1 Å². The Kier molecular flexibility index (Phi) is 10.2. The van der Waals surface area contributed by atoms with Crippen LogP contribution in [-0.4, -0.2) is 66.2 Å². The molecule has 5 aromatic rings. The fourth-order valence-electron chi connectivity index (χ4n) is 8.90. The summed E-state index contributed by atoms with van der Waals surface area (Å²) in [6.07, 6.45) is -0.0497. The van der Waals surface area contributed by atoms with Crippen molar-refractivity contribution in [1.82, 2.24) is 34.1 Å². The predicted molar refractivity (Wildman–Crippen MR) is 200 cm³/mol. The van der Waals surface area contributed by atoms with Gasteiger partial charge < -0.3 is 10.2 Å². The Labute approximate surface area is 323 Å². The summed E-state index contributed by atoms with van der Waals surface area (Å²) in [6, 6.07) is 10.6. The number of nitrogens with one attached hydrogen (secondary N) is 2. The van der Waals surface area contributed by atoms with Gasteiger partial charge in [0.15, 0.2) is 0 Å². The van der Waals surface area contributed by atoms with Crippen LogP contribution in [0.5, 0.6) is 0 Å². The molecule has 2 aliphatic heterocycles. The molecule has 2 N–H and O–H groups in total. The first-order chi connectivity index (χ1) is 27.2. The molecule has 57 heavy (non-hydrogen) atoms. The SMILES string of the molecule is Cn1c(=O)n(C2CCC(=O)NC2=O)c2cccc(C3CCN(CC4CCC(n5cc6cc(NC(=O)c7cccc(C(F)(F)F)n7)c(C(F)F)cc6n5)CC4)CC3)c21. The Hall–Kier alpha value is -5.45. The van der Waals surface area contributed by atoms with Gasteiger partial charge in [-0.3, -0.25) is 33.5 Å². The number of aryl methyl sites for hydroxylation is 1. The predicted octanol–water partition coefficient (Wildman–Crippen LogP) is 6.88. The number of amides is 3. The zero-order valence-corrected chi connectivity index (χ0v) is 31.1. The number of rotatable bonds is 8. The van der Waals surface area contributed by atoms with Crippen LogP contribution in [0.3, 0.4) is 0 Å². The molecule has 0 radical (unpaired) electrons. The Morgan fingerprint density at radius 2 is 1.70 bits per heavy atom. The number of halogens is 5. The number of hydrogen-bond acceptors (Lipinski definition) is 7. The van der Waals surface area contributed by atoms with Gasteiger partial charge in [0.2, 0.25) is 11.8 Å². The number of aromatic nitrogens is 5. The third kappa shape index (κ3) is 7.56. The molecule has 1 aliphatic carbocycles. The average Bonchev–Trinajstić information content (AvgIpc) is 3.72. The number of piperidine rings is 2. The summed E-state index contributed by atoms with van der Waals surface area (Å²) in [7, 11) is 1.73. The van der Waals surface area contributed by atoms with Crippen molar-refractivity contribution in [2.75, 3.05) is 25.0 Å². The molecule has 0 bridgehead atoms. The van der Waals surface area contributed by atoms with E-state index >= 15 is 0 Å². The normalized spacial score (nSPS) is 21.4. The van der Waals surface area contributed by atoms with Gasteiger partial charge in [-0.05, 0) is 106 Å². The van der Waals surface area contributed by atoms with Gasteiger partial charge in [0.05, 0.1) is 28.3 Å². The van der Waals surface area contributed by atoms with Crippen LogP contribution < -0.4 is 16.3 Å². The number of alkyl halides is 5. The van der Waals surface area contributed by atoms with Crippen molar-refractivity contribution in [2.45, 2.75) is 82.0 Å². The first kappa shape index (κ1) is 38.4. The topological polar surface area (TPSA) is 136 Å². The van der Waals surface area contributed by atoms with Crippen molar-refractivity contribution in [3.05, 3.63) is 87.7 Å². The highest BCUT2D eigenvalue weighted by Crippen LogP contribution is 2.38. The van der Waals surface area contributed by atoms with Gasteiger partial charge >= 0.3 is 11.9 Å². The van der Waals surface area contributed by atoms with Gasteiger partial charge in [0, 0.05) is 37.2 Å².